The number of hydrogen-bond acceptors (Lipinski definition) is 3. The van der Waals surface area contributed by atoms with Gasteiger partial charge in [-0.2, -0.15) is 0 Å². The number of carbonyl (C=O) groups is 1. The summed E-state index contributed by atoms with van der Waals surface area (Å²) in [6, 6.07) is 2.94. The SMILES string of the molecule is Cc1cc(S(=O)(=O)Cl)cc(C(C)C)c1NC=O. The first-order valence-corrected chi connectivity index (χ1v) is 7.37. The summed E-state index contributed by atoms with van der Waals surface area (Å²) in [5, 5.41) is 2.59. The molecule has 0 atom stereocenters. The average molecular weight is 276 g/mol. The van der Waals surface area contributed by atoms with Gasteiger partial charge in [0.15, 0.2) is 0 Å². The Balaban J connectivity index is 3.51. The number of nitrogens with one attached hydrogen (secondary N) is 1. The lowest BCUT2D eigenvalue weighted by molar-refractivity contribution is -0.105. The first kappa shape index (κ1) is 14.0. The molecule has 0 radical (unpaired) electrons. The Kier molecular flexibility index (Phi) is 4.16. The molecule has 0 aromatic heterocycles. The van der Waals surface area contributed by atoms with Crippen molar-refractivity contribution in [1.29, 1.82) is 0 Å². The fraction of sp³-hybridized carbons (Fsp3) is 0.364. The van der Waals surface area contributed by atoms with Crippen molar-refractivity contribution < 1.29 is 13.2 Å². The number of halogens is 1. The van der Waals surface area contributed by atoms with Gasteiger partial charge in [-0.3, -0.25) is 4.79 Å². The average Bonchev–Trinajstić information content (AvgIpc) is 2.18. The lowest BCUT2D eigenvalue weighted by Gasteiger charge is -2.15. The molecular weight excluding hydrogens is 262 g/mol. The van der Waals surface area contributed by atoms with E-state index in [-0.39, 0.29) is 10.8 Å². The molecule has 0 spiro atoms. The molecule has 1 amide bonds. The van der Waals surface area contributed by atoms with Crippen LogP contribution in [-0.4, -0.2) is 14.8 Å². The van der Waals surface area contributed by atoms with Crippen LogP contribution in [0.3, 0.4) is 0 Å². The van der Waals surface area contributed by atoms with Crippen molar-refractivity contribution in [2.24, 2.45) is 0 Å². The van der Waals surface area contributed by atoms with E-state index in [1.54, 1.807) is 6.92 Å². The largest absolute Gasteiger partial charge is 0.328 e. The van der Waals surface area contributed by atoms with E-state index in [9.17, 15) is 13.2 Å². The molecule has 1 aromatic carbocycles. The summed E-state index contributed by atoms with van der Waals surface area (Å²) >= 11 is 0. The summed E-state index contributed by atoms with van der Waals surface area (Å²) in [6.45, 7) is 5.55. The Morgan fingerprint density at radius 2 is 1.94 bits per heavy atom. The van der Waals surface area contributed by atoms with E-state index in [1.807, 2.05) is 13.8 Å². The van der Waals surface area contributed by atoms with Crippen LogP contribution in [0.5, 0.6) is 0 Å². The van der Waals surface area contributed by atoms with Crippen molar-refractivity contribution in [3.63, 3.8) is 0 Å². The van der Waals surface area contributed by atoms with Gasteiger partial charge in [0.25, 0.3) is 9.05 Å². The predicted molar refractivity (Wildman–Crippen MR) is 68.0 cm³/mol. The Labute approximate surface area is 105 Å². The van der Waals surface area contributed by atoms with Crippen LogP contribution >= 0.6 is 10.7 Å². The first-order chi connectivity index (χ1) is 7.77. The van der Waals surface area contributed by atoms with Gasteiger partial charge in [0.05, 0.1) is 4.90 Å². The summed E-state index contributed by atoms with van der Waals surface area (Å²) in [5.41, 5.74) is 2.05. The molecule has 0 aliphatic carbocycles. The molecule has 1 rings (SSSR count). The van der Waals surface area contributed by atoms with Gasteiger partial charge in [-0.1, -0.05) is 13.8 Å². The van der Waals surface area contributed by atoms with E-state index < -0.39 is 9.05 Å². The molecule has 0 saturated heterocycles. The molecule has 1 N–H and O–H groups in total. The fourth-order valence-corrected chi connectivity index (χ4v) is 2.49. The number of anilines is 1. The molecule has 94 valence electrons. The van der Waals surface area contributed by atoms with Crippen LogP contribution in [0.2, 0.25) is 0 Å². The normalized spacial score (nSPS) is 11.6. The number of rotatable bonds is 4. The molecule has 0 saturated carbocycles. The second kappa shape index (κ2) is 5.06. The van der Waals surface area contributed by atoms with Gasteiger partial charge < -0.3 is 5.32 Å². The minimum atomic E-state index is -3.76. The molecule has 0 fully saturated rings. The minimum absolute atomic E-state index is 0.0526. The second-order valence-electron chi connectivity index (χ2n) is 4.06. The van der Waals surface area contributed by atoms with Gasteiger partial charge in [0.2, 0.25) is 6.41 Å². The van der Waals surface area contributed by atoms with Crippen molar-refractivity contribution in [2.45, 2.75) is 31.6 Å². The lowest BCUT2D eigenvalue weighted by Crippen LogP contribution is -2.05. The van der Waals surface area contributed by atoms with Crippen molar-refractivity contribution >= 4 is 31.8 Å². The summed E-state index contributed by atoms with van der Waals surface area (Å²) in [5.74, 6) is 0.0783. The molecule has 1 aromatic rings. The Morgan fingerprint density at radius 3 is 2.35 bits per heavy atom. The minimum Gasteiger partial charge on any atom is -0.328 e. The Bertz CT molecular complexity index is 538. The van der Waals surface area contributed by atoms with Gasteiger partial charge >= 0.3 is 0 Å². The number of hydrogen-bond donors (Lipinski definition) is 1. The molecule has 0 unspecified atom stereocenters. The van der Waals surface area contributed by atoms with E-state index in [0.717, 1.165) is 5.56 Å². The van der Waals surface area contributed by atoms with E-state index in [4.69, 9.17) is 10.7 Å². The zero-order chi connectivity index (χ0) is 13.2. The third-order valence-corrected chi connectivity index (χ3v) is 3.78. The maximum Gasteiger partial charge on any atom is 0.261 e. The zero-order valence-electron chi connectivity index (χ0n) is 9.82. The van der Waals surface area contributed by atoms with Gasteiger partial charge in [0.1, 0.15) is 0 Å². The molecular formula is C11H14ClNO3S. The standard InChI is InChI=1S/C11H14ClNO3S/c1-7(2)10-5-9(17(12,15)16)4-8(3)11(10)13-6-14/h4-7H,1-3H3,(H,13,14). The maximum atomic E-state index is 11.3. The number of aryl methyl sites for hydroxylation is 1. The molecule has 0 aliphatic heterocycles. The summed E-state index contributed by atoms with van der Waals surface area (Å²) in [6.07, 6.45) is 0.573. The van der Waals surface area contributed by atoms with Crippen molar-refractivity contribution in [2.75, 3.05) is 5.32 Å². The first-order valence-electron chi connectivity index (χ1n) is 5.06. The molecule has 17 heavy (non-hydrogen) atoms. The van der Waals surface area contributed by atoms with Gasteiger partial charge in [0, 0.05) is 16.4 Å². The number of benzene rings is 1. The Hall–Kier alpha value is -1.07. The molecule has 0 heterocycles. The maximum absolute atomic E-state index is 11.3. The number of carbonyl (C=O) groups excluding carboxylic acids is 1. The van der Waals surface area contributed by atoms with Crippen molar-refractivity contribution in [3.05, 3.63) is 23.3 Å². The molecule has 6 heteroatoms. The highest BCUT2D eigenvalue weighted by Crippen LogP contribution is 2.31. The molecule has 0 bridgehead atoms. The van der Waals surface area contributed by atoms with Crippen LogP contribution in [0.1, 0.15) is 30.9 Å². The summed E-state index contributed by atoms with van der Waals surface area (Å²) in [7, 11) is 1.56. The lowest BCUT2D eigenvalue weighted by atomic mass is 9.98. The van der Waals surface area contributed by atoms with Crippen LogP contribution in [0, 0.1) is 6.92 Å². The van der Waals surface area contributed by atoms with Crippen LogP contribution in [0.25, 0.3) is 0 Å². The van der Waals surface area contributed by atoms with Gasteiger partial charge in [-0.25, -0.2) is 8.42 Å². The predicted octanol–water partition coefficient (Wildman–Crippen LogP) is 2.61. The zero-order valence-corrected chi connectivity index (χ0v) is 11.4. The summed E-state index contributed by atoms with van der Waals surface area (Å²) < 4.78 is 22.6. The second-order valence-corrected chi connectivity index (χ2v) is 6.63. The van der Waals surface area contributed by atoms with E-state index in [1.165, 1.54) is 12.1 Å². The summed E-state index contributed by atoms with van der Waals surface area (Å²) in [4.78, 5) is 10.6. The van der Waals surface area contributed by atoms with Gasteiger partial charge in [-0.15, -0.1) is 0 Å². The Morgan fingerprint density at radius 1 is 1.35 bits per heavy atom. The third kappa shape index (κ3) is 3.20. The highest BCUT2D eigenvalue weighted by molar-refractivity contribution is 8.13. The molecule has 0 aliphatic rings. The van der Waals surface area contributed by atoms with E-state index in [2.05, 4.69) is 5.32 Å². The van der Waals surface area contributed by atoms with Crippen molar-refractivity contribution in [3.8, 4) is 0 Å². The highest BCUT2D eigenvalue weighted by Gasteiger charge is 2.17. The monoisotopic (exact) mass is 275 g/mol. The van der Waals surface area contributed by atoms with Crippen LogP contribution in [-0.2, 0) is 13.8 Å². The van der Waals surface area contributed by atoms with Crippen molar-refractivity contribution in [1.82, 2.24) is 0 Å². The fourth-order valence-electron chi connectivity index (χ4n) is 1.63. The van der Waals surface area contributed by atoms with E-state index in [0.29, 0.717) is 17.7 Å². The van der Waals surface area contributed by atoms with Crippen LogP contribution < -0.4 is 5.32 Å². The highest BCUT2D eigenvalue weighted by atomic mass is 35.7. The third-order valence-electron chi connectivity index (χ3n) is 2.45. The number of amides is 1. The molecule has 4 nitrogen and oxygen atoms in total. The smallest absolute Gasteiger partial charge is 0.261 e. The van der Waals surface area contributed by atoms with Crippen LogP contribution in [0.15, 0.2) is 17.0 Å². The quantitative estimate of drug-likeness (QED) is 0.679. The van der Waals surface area contributed by atoms with Crippen LogP contribution in [0.4, 0.5) is 5.69 Å². The topological polar surface area (TPSA) is 63.2 Å². The van der Waals surface area contributed by atoms with Gasteiger partial charge in [-0.05, 0) is 36.1 Å². The van der Waals surface area contributed by atoms with E-state index >= 15 is 0 Å².